The molecule has 0 aliphatic carbocycles. The predicted octanol–water partition coefficient (Wildman–Crippen LogP) is 2.61. The van der Waals surface area contributed by atoms with Gasteiger partial charge in [-0.1, -0.05) is 24.3 Å². The number of nitrogens with zero attached hydrogens (tertiary/aromatic N) is 2. The minimum Gasteiger partial charge on any atom is -0.349 e. The lowest BCUT2D eigenvalue weighted by Gasteiger charge is -2.16. The van der Waals surface area contributed by atoms with E-state index < -0.39 is 0 Å². The maximum absolute atomic E-state index is 4.43. The average Bonchev–Trinajstić information content (AvgIpc) is 2.75. The molecule has 0 amide bonds. The summed E-state index contributed by atoms with van der Waals surface area (Å²) in [5, 5.41) is 4.38. The molecule has 1 heterocycles. The van der Waals surface area contributed by atoms with Gasteiger partial charge in [0, 0.05) is 30.7 Å². The molecule has 3 nitrogen and oxygen atoms in total. The number of nitrogens with one attached hydrogen (secondary N) is 1. The van der Waals surface area contributed by atoms with E-state index in [1.807, 2.05) is 6.20 Å². The van der Waals surface area contributed by atoms with E-state index in [1.54, 1.807) is 11.3 Å². The normalized spacial score (nSPS) is 11.2. The van der Waals surface area contributed by atoms with Gasteiger partial charge in [0.15, 0.2) is 5.13 Å². The van der Waals surface area contributed by atoms with Crippen LogP contribution in [-0.2, 0) is 0 Å². The third kappa shape index (κ3) is 3.94. The molecule has 0 fully saturated rings. The third-order valence-corrected chi connectivity index (χ3v) is 3.36. The van der Waals surface area contributed by atoms with Gasteiger partial charge in [0.2, 0.25) is 0 Å². The fourth-order valence-corrected chi connectivity index (χ4v) is 2.37. The van der Waals surface area contributed by atoms with Gasteiger partial charge in [0.05, 0.1) is 0 Å². The maximum Gasteiger partial charge on any atom is 0.185 e. The monoisotopic (exact) mass is 239 g/mol. The molecule has 0 atom stereocenters. The Morgan fingerprint density at radius 2 is 2.12 bits per heavy atom. The number of hydrogen-bond donors (Lipinski definition) is 1. The highest BCUT2D eigenvalue weighted by Gasteiger charge is 2.05. The fraction of sp³-hybridized carbons (Fsp3) is 0.583. The van der Waals surface area contributed by atoms with E-state index in [9.17, 15) is 0 Å². The first-order chi connectivity index (χ1) is 7.81. The van der Waals surface area contributed by atoms with E-state index in [-0.39, 0.29) is 0 Å². The highest BCUT2D eigenvalue weighted by atomic mass is 32.1. The molecular weight excluding hydrogens is 218 g/mol. The Labute approximate surface area is 102 Å². The van der Waals surface area contributed by atoms with Crippen molar-refractivity contribution in [1.82, 2.24) is 10.3 Å². The molecule has 0 aliphatic heterocycles. The molecule has 90 valence electrons. The first-order valence-corrected chi connectivity index (χ1v) is 6.71. The largest absolute Gasteiger partial charge is 0.349 e. The molecule has 0 aliphatic rings. The molecule has 0 aromatic carbocycles. The van der Waals surface area contributed by atoms with Gasteiger partial charge in [-0.3, -0.25) is 0 Å². The Balaban J connectivity index is 2.53. The van der Waals surface area contributed by atoms with Crippen LogP contribution in [0.15, 0.2) is 12.3 Å². The van der Waals surface area contributed by atoms with Crippen LogP contribution in [-0.4, -0.2) is 31.2 Å². The van der Waals surface area contributed by atoms with Crippen molar-refractivity contribution in [1.29, 1.82) is 0 Å². The van der Waals surface area contributed by atoms with Crippen molar-refractivity contribution in [3.05, 3.63) is 17.2 Å². The molecular formula is C12H21N3S. The van der Waals surface area contributed by atoms with Gasteiger partial charge in [-0.15, -0.1) is 0 Å². The minimum absolute atomic E-state index is 0.926. The molecule has 1 N–H and O–H groups in total. The number of anilines is 1. The van der Waals surface area contributed by atoms with E-state index in [4.69, 9.17) is 0 Å². The van der Waals surface area contributed by atoms with Crippen LogP contribution in [0, 0.1) is 0 Å². The summed E-state index contributed by atoms with van der Waals surface area (Å²) in [7, 11) is 0. The fourth-order valence-electron chi connectivity index (χ4n) is 1.40. The second-order valence-electron chi connectivity index (χ2n) is 3.43. The van der Waals surface area contributed by atoms with Crippen molar-refractivity contribution < 1.29 is 0 Å². The van der Waals surface area contributed by atoms with Gasteiger partial charge >= 0.3 is 0 Å². The first kappa shape index (κ1) is 13.2. The molecule has 0 bridgehead atoms. The van der Waals surface area contributed by atoms with Crippen LogP contribution < -0.4 is 10.2 Å². The molecule has 1 rings (SSSR count). The molecule has 0 saturated carbocycles. The molecule has 4 heteroatoms. The van der Waals surface area contributed by atoms with E-state index in [1.165, 1.54) is 4.88 Å². The van der Waals surface area contributed by atoms with Crippen LogP contribution in [0.25, 0.3) is 6.08 Å². The van der Waals surface area contributed by atoms with Gasteiger partial charge in [-0.05, 0) is 26.5 Å². The standard InChI is InChI=1S/C12H21N3S/c1-4-13-9-7-8-11-10-14-12(16-11)15(5-2)6-3/h7-8,10,13H,4-6,9H2,1-3H3. The number of thiazole rings is 1. The summed E-state index contributed by atoms with van der Waals surface area (Å²) in [6, 6.07) is 0. The van der Waals surface area contributed by atoms with Crippen molar-refractivity contribution in [2.45, 2.75) is 20.8 Å². The van der Waals surface area contributed by atoms with Crippen LogP contribution in [0.3, 0.4) is 0 Å². The third-order valence-electron chi connectivity index (χ3n) is 2.34. The maximum atomic E-state index is 4.43. The second-order valence-corrected chi connectivity index (χ2v) is 4.47. The number of likely N-dealkylation sites (N-methyl/N-ethyl adjacent to an activating group) is 1. The van der Waals surface area contributed by atoms with Crippen molar-refractivity contribution in [2.75, 3.05) is 31.1 Å². The summed E-state index contributed by atoms with van der Waals surface area (Å²) in [5.41, 5.74) is 0. The smallest absolute Gasteiger partial charge is 0.185 e. The lowest BCUT2D eigenvalue weighted by molar-refractivity contribution is 0.801. The molecule has 0 saturated heterocycles. The SMILES string of the molecule is CCNCC=Cc1cnc(N(CC)CC)s1. The molecule has 0 radical (unpaired) electrons. The van der Waals surface area contributed by atoms with Gasteiger partial charge in [0.1, 0.15) is 0 Å². The van der Waals surface area contributed by atoms with Crippen LogP contribution >= 0.6 is 11.3 Å². The molecule has 1 aromatic heterocycles. The number of hydrogen-bond acceptors (Lipinski definition) is 4. The van der Waals surface area contributed by atoms with Crippen molar-refractivity contribution >= 4 is 22.5 Å². The summed E-state index contributed by atoms with van der Waals surface area (Å²) < 4.78 is 0. The number of aromatic nitrogens is 1. The van der Waals surface area contributed by atoms with Crippen molar-refractivity contribution in [3.8, 4) is 0 Å². The van der Waals surface area contributed by atoms with Gasteiger partial charge in [0.25, 0.3) is 0 Å². The second kappa shape index (κ2) is 7.41. The Kier molecular flexibility index (Phi) is 6.11. The lowest BCUT2D eigenvalue weighted by atomic mass is 10.4. The quantitative estimate of drug-likeness (QED) is 0.741. The lowest BCUT2D eigenvalue weighted by Crippen LogP contribution is -2.21. The molecule has 16 heavy (non-hydrogen) atoms. The summed E-state index contributed by atoms with van der Waals surface area (Å²) in [5.74, 6) is 0. The minimum atomic E-state index is 0.926. The molecule has 1 aromatic rings. The molecule has 0 unspecified atom stereocenters. The van der Waals surface area contributed by atoms with Gasteiger partial charge in [-0.2, -0.15) is 0 Å². The van der Waals surface area contributed by atoms with Gasteiger partial charge in [-0.25, -0.2) is 4.98 Å². The highest BCUT2D eigenvalue weighted by Crippen LogP contribution is 2.22. The Bertz CT molecular complexity index is 316. The summed E-state index contributed by atoms with van der Waals surface area (Å²) in [6.07, 6.45) is 6.22. The number of rotatable bonds is 7. The average molecular weight is 239 g/mol. The van der Waals surface area contributed by atoms with Crippen LogP contribution in [0.1, 0.15) is 25.6 Å². The zero-order chi connectivity index (χ0) is 11.8. The van der Waals surface area contributed by atoms with E-state index in [0.29, 0.717) is 0 Å². The zero-order valence-corrected chi connectivity index (χ0v) is 11.2. The Morgan fingerprint density at radius 1 is 1.38 bits per heavy atom. The van der Waals surface area contributed by atoms with Crippen LogP contribution in [0.5, 0.6) is 0 Å². The Hall–Kier alpha value is -0.870. The van der Waals surface area contributed by atoms with Crippen molar-refractivity contribution in [2.24, 2.45) is 0 Å². The van der Waals surface area contributed by atoms with Crippen LogP contribution in [0.4, 0.5) is 5.13 Å². The van der Waals surface area contributed by atoms with E-state index in [2.05, 4.69) is 48.1 Å². The summed E-state index contributed by atoms with van der Waals surface area (Å²) in [6.45, 7) is 10.4. The molecule has 0 spiro atoms. The summed E-state index contributed by atoms with van der Waals surface area (Å²) >= 11 is 1.75. The topological polar surface area (TPSA) is 28.2 Å². The van der Waals surface area contributed by atoms with E-state index >= 15 is 0 Å². The van der Waals surface area contributed by atoms with Crippen LogP contribution in [0.2, 0.25) is 0 Å². The zero-order valence-electron chi connectivity index (χ0n) is 10.4. The van der Waals surface area contributed by atoms with E-state index in [0.717, 1.165) is 31.3 Å². The summed E-state index contributed by atoms with van der Waals surface area (Å²) in [4.78, 5) is 7.92. The van der Waals surface area contributed by atoms with Crippen molar-refractivity contribution in [3.63, 3.8) is 0 Å². The Morgan fingerprint density at radius 3 is 2.75 bits per heavy atom. The van der Waals surface area contributed by atoms with Gasteiger partial charge < -0.3 is 10.2 Å². The predicted molar refractivity (Wildman–Crippen MR) is 73.3 cm³/mol. The highest BCUT2D eigenvalue weighted by molar-refractivity contribution is 7.16. The first-order valence-electron chi connectivity index (χ1n) is 5.89.